The van der Waals surface area contributed by atoms with Crippen LogP contribution in [0.5, 0.6) is 5.75 Å². The Kier molecular flexibility index (Phi) is 4.30. The van der Waals surface area contributed by atoms with Gasteiger partial charge in [-0.2, -0.15) is 0 Å². The molecule has 3 rings (SSSR count). The van der Waals surface area contributed by atoms with Gasteiger partial charge in [-0.3, -0.25) is 4.79 Å². The summed E-state index contributed by atoms with van der Waals surface area (Å²) in [5.41, 5.74) is 5.82. The smallest absolute Gasteiger partial charge is 0.307 e. The second kappa shape index (κ2) is 6.40. The van der Waals surface area contributed by atoms with Crippen molar-refractivity contribution < 1.29 is 14.6 Å². The Balaban J connectivity index is 2.31. The summed E-state index contributed by atoms with van der Waals surface area (Å²) in [6, 6.07) is 11.8. The third-order valence-electron chi connectivity index (χ3n) is 4.40. The third-order valence-corrected chi connectivity index (χ3v) is 4.40. The standard InChI is InChI=1S/C20H21NO3/c1-4-24-17-8-6-5-7-15(17)20-16(11-18(22)23)14-10-9-12(2)13(3)19(14)21-20/h5-10,21H,4,11H2,1-3H3,(H,22,23). The number of carboxylic acid groups (broad SMARTS) is 1. The lowest BCUT2D eigenvalue weighted by Gasteiger charge is -2.10. The molecule has 0 aliphatic carbocycles. The fraction of sp³-hybridized carbons (Fsp3) is 0.250. The maximum absolute atomic E-state index is 11.4. The van der Waals surface area contributed by atoms with E-state index in [-0.39, 0.29) is 6.42 Å². The fourth-order valence-corrected chi connectivity index (χ4v) is 3.08. The molecule has 0 spiro atoms. The maximum Gasteiger partial charge on any atom is 0.307 e. The van der Waals surface area contributed by atoms with E-state index in [0.717, 1.165) is 39.0 Å². The molecule has 2 N–H and O–H groups in total. The van der Waals surface area contributed by atoms with E-state index >= 15 is 0 Å². The second-order valence-corrected chi connectivity index (χ2v) is 5.91. The number of ether oxygens (including phenoxy) is 1. The number of aryl methyl sites for hydroxylation is 2. The summed E-state index contributed by atoms with van der Waals surface area (Å²) in [5.74, 6) is -0.0863. The minimum atomic E-state index is -0.843. The molecule has 124 valence electrons. The van der Waals surface area contributed by atoms with Crippen molar-refractivity contribution in [1.29, 1.82) is 0 Å². The molecule has 1 heterocycles. The number of benzene rings is 2. The van der Waals surface area contributed by atoms with Crippen LogP contribution in [-0.2, 0) is 11.2 Å². The Morgan fingerprint density at radius 3 is 2.62 bits per heavy atom. The third kappa shape index (κ3) is 2.75. The number of aromatic amines is 1. The zero-order valence-corrected chi connectivity index (χ0v) is 14.1. The van der Waals surface area contributed by atoms with Crippen LogP contribution in [0, 0.1) is 13.8 Å². The normalized spacial score (nSPS) is 11.0. The zero-order valence-electron chi connectivity index (χ0n) is 14.1. The number of fused-ring (bicyclic) bond motifs is 1. The number of hydrogen-bond donors (Lipinski definition) is 2. The van der Waals surface area contributed by atoms with Crippen molar-refractivity contribution in [3.8, 4) is 17.0 Å². The lowest BCUT2D eigenvalue weighted by Crippen LogP contribution is -2.02. The van der Waals surface area contributed by atoms with E-state index in [1.807, 2.05) is 43.3 Å². The van der Waals surface area contributed by atoms with Gasteiger partial charge in [-0.25, -0.2) is 0 Å². The van der Waals surface area contributed by atoms with E-state index in [9.17, 15) is 9.90 Å². The molecule has 0 saturated carbocycles. The van der Waals surface area contributed by atoms with E-state index in [0.29, 0.717) is 6.61 Å². The van der Waals surface area contributed by atoms with Gasteiger partial charge >= 0.3 is 5.97 Å². The van der Waals surface area contributed by atoms with Gasteiger partial charge in [-0.1, -0.05) is 24.3 Å². The topological polar surface area (TPSA) is 62.3 Å². The highest BCUT2D eigenvalue weighted by Crippen LogP contribution is 2.37. The number of para-hydroxylation sites is 1. The lowest BCUT2D eigenvalue weighted by molar-refractivity contribution is -0.136. The minimum Gasteiger partial charge on any atom is -0.493 e. The molecule has 0 radical (unpaired) electrons. The average Bonchev–Trinajstić information content (AvgIpc) is 2.90. The molecule has 2 aromatic carbocycles. The van der Waals surface area contributed by atoms with Crippen molar-refractivity contribution in [1.82, 2.24) is 4.98 Å². The summed E-state index contributed by atoms with van der Waals surface area (Å²) < 4.78 is 5.73. The van der Waals surface area contributed by atoms with Crippen LogP contribution >= 0.6 is 0 Å². The van der Waals surface area contributed by atoms with E-state index < -0.39 is 5.97 Å². The van der Waals surface area contributed by atoms with Crippen LogP contribution in [0.4, 0.5) is 0 Å². The first-order valence-corrected chi connectivity index (χ1v) is 8.07. The number of H-pyrrole nitrogens is 1. The highest BCUT2D eigenvalue weighted by Gasteiger charge is 2.19. The van der Waals surface area contributed by atoms with Crippen LogP contribution in [0.25, 0.3) is 22.2 Å². The lowest BCUT2D eigenvalue weighted by atomic mass is 10.00. The Morgan fingerprint density at radius 1 is 1.17 bits per heavy atom. The largest absolute Gasteiger partial charge is 0.493 e. The molecule has 0 saturated heterocycles. The molecule has 0 fully saturated rings. The van der Waals surface area contributed by atoms with Crippen LogP contribution in [0.3, 0.4) is 0 Å². The van der Waals surface area contributed by atoms with Crippen LogP contribution in [0.1, 0.15) is 23.6 Å². The number of aromatic nitrogens is 1. The van der Waals surface area contributed by atoms with Gasteiger partial charge in [0, 0.05) is 16.5 Å². The van der Waals surface area contributed by atoms with Gasteiger partial charge in [0.2, 0.25) is 0 Å². The number of nitrogens with one attached hydrogen (secondary N) is 1. The highest BCUT2D eigenvalue weighted by molar-refractivity contribution is 5.96. The molecule has 0 amide bonds. The van der Waals surface area contributed by atoms with Gasteiger partial charge < -0.3 is 14.8 Å². The van der Waals surface area contributed by atoms with Crippen molar-refractivity contribution in [3.63, 3.8) is 0 Å². The van der Waals surface area contributed by atoms with Gasteiger partial charge in [0.25, 0.3) is 0 Å². The minimum absolute atomic E-state index is 0.0295. The summed E-state index contributed by atoms with van der Waals surface area (Å²) in [7, 11) is 0. The number of carboxylic acids is 1. The van der Waals surface area contributed by atoms with Crippen molar-refractivity contribution in [2.24, 2.45) is 0 Å². The molecule has 4 nitrogen and oxygen atoms in total. The Labute approximate surface area is 141 Å². The van der Waals surface area contributed by atoms with Gasteiger partial charge in [-0.05, 0) is 49.6 Å². The number of hydrogen-bond acceptors (Lipinski definition) is 2. The first-order valence-electron chi connectivity index (χ1n) is 8.07. The predicted molar refractivity (Wildman–Crippen MR) is 95.7 cm³/mol. The number of aliphatic carboxylic acids is 1. The molecule has 1 aromatic heterocycles. The van der Waals surface area contributed by atoms with Crippen LogP contribution in [0.15, 0.2) is 36.4 Å². The Hall–Kier alpha value is -2.75. The van der Waals surface area contributed by atoms with E-state index in [4.69, 9.17) is 4.74 Å². The summed E-state index contributed by atoms with van der Waals surface area (Å²) in [6.07, 6.45) is -0.0295. The van der Waals surface area contributed by atoms with Crippen molar-refractivity contribution >= 4 is 16.9 Å². The van der Waals surface area contributed by atoms with E-state index in [2.05, 4.69) is 18.8 Å². The van der Waals surface area contributed by atoms with Gasteiger partial charge in [0.05, 0.1) is 18.7 Å². The van der Waals surface area contributed by atoms with Crippen LogP contribution in [0.2, 0.25) is 0 Å². The molecular formula is C20H21NO3. The van der Waals surface area contributed by atoms with Crippen LogP contribution in [-0.4, -0.2) is 22.7 Å². The Bertz CT molecular complexity index is 909. The molecule has 24 heavy (non-hydrogen) atoms. The number of carbonyl (C=O) groups is 1. The molecule has 3 aromatic rings. The average molecular weight is 323 g/mol. The molecule has 0 aliphatic heterocycles. The monoisotopic (exact) mass is 323 g/mol. The van der Waals surface area contributed by atoms with E-state index in [1.165, 1.54) is 5.56 Å². The zero-order chi connectivity index (χ0) is 17.3. The summed E-state index contributed by atoms with van der Waals surface area (Å²) in [4.78, 5) is 14.9. The van der Waals surface area contributed by atoms with Gasteiger partial charge in [0.1, 0.15) is 5.75 Å². The predicted octanol–water partition coefficient (Wildman–Crippen LogP) is 4.48. The maximum atomic E-state index is 11.4. The second-order valence-electron chi connectivity index (χ2n) is 5.91. The first kappa shape index (κ1) is 16.1. The molecule has 0 unspecified atom stereocenters. The SMILES string of the molecule is CCOc1ccccc1-c1[nH]c2c(C)c(C)ccc2c1CC(=O)O. The first-order chi connectivity index (χ1) is 11.5. The van der Waals surface area contributed by atoms with Crippen molar-refractivity contribution in [2.45, 2.75) is 27.2 Å². The molecule has 4 heteroatoms. The van der Waals surface area contributed by atoms with E-state index in [1.54, 1.807) is 0 Å². The highest BCUT2D eigenvalue weighted by atomic mass is 16.5. The summed E-state index contributed by atoms with van der Waals surface area (Å²) in [6.45, 7) is 6.61. The van der Waals surface area contributed by atoms with Crippen molar-refractivity contribution in [2.75, 3.05) is 6.61 Å². The molecular weight excluding hydrogens is 302 g/mol. The summed E-state index contributed by atoms with van der Waals surface area (Å²) >= 11 is 0. The van der Waals surface area contributed by atoms with Crippen LogP contribution < -0.4 is 4.74 Å². The molecule has 0 bridgehead atoms. The number of rotatable bonds is 5. The van der Waals surface area contributed by atoms with Crippen molar-refractivity contribution in [3.05, 3.63) is 53.1 Å². The summed E-state index contributed by atoms with van der Waals surface area (Å²) in [5, 5.41) is 10.3. The molecule has 0 aliphatic rings. The fourth-order valence-electron chi connectivity index (χ4n) is 3.08. The molecule has 0 atom stereocenters. The van der Waals surface area contributed by atoms with Gasteiger partial charge in [-0.15, -0.1) is 0 Å². The van der Waals surface area contributed by atoms with Gasteiger partial charge in [0.15, 0.2) is 0 Å². The Morgan fingerprint density at radius 2 is 1.92 bits per heavy atom. The quantitative estimate of drug-likeness (QED) is 0.728.